The Bertz CT molecular complexity index is 1170. The van der Waals surface area contributed by atoms with E-state index in [0.717, 1.165) is 16.5 Å². The van der Waals surface area contributed by atoms with Gasteiger partial charge in [-0.05, 0) is 36.8 Å². The Kier molecular flexibility index (Phi) is 6.01. The average Bonchev–Trinajstić information content (AvgIpc) is 3.06. The van der Waals surface area contributed by atoms with Gasteiger partial charge in [0.05, 0.1) is 7.11 Å². The van der Waals surface area contributed by atoms with Gasteiger partial charge < -0.3 is 14.6 Å². The maximum absolute atomic E-state index is 12.7. The predicted octanol–water partition coefficient (Wildman–Crippen LogP) is 4.32. The number of methoxy groups -OCH3 is 1. The van der Waals surface area contributed by atoms with E-state index in [9.17, 15) is 14.9 Å². The number of anilines is 1. The number of nitriles is 1. The highest BCUT2D eigenvalue weighted by atomic mass is 35.5. The van der Waals surface area contributed by atoms with Crippen molar-refractivity contribution in [2.45, 2.75) is 13.5 Å². The molecule has 3 rings (SSSR count). The van der Waals surface area contributed by atoms with Gasteiger partial charge in [0, 0.05) is 33.4 Å². The zero-order valence-electron chi connectivity index (χ0n) is 15.9. The lowest BCUT2D eigenvalue weighted by molar-refractivity contribution is -0.141. The van der Waals surface area contributed by atoms with Crippen LogP contribution in [0.15, 0.2) is 54.2 Å². The predicted molar refractivity (Wildman–Crippen MR) is 112 cm³/mol. The summed E-state index contributed by atoms with van der Waals surface area (Å²) in [5, 5.41) is 13.6. The number of amides is 1. The van der Waals surface area contributed by atoms with Crippen LogP contribution in [-0.4, -0.2) is 23.6 Å². The molecule has 1 N–H and O–H groups in total. The molecule has 146 valence electrons. The SMILES string of the molecule is COC(=O)Cn1cc(/C=C(\C#N)C(=O)Nc2cccc(Cl)c2C)c2ccccc21. The van der Waals surface area contributed by atoms with E-state index in [4.69, 9.17) is 16.3 Å². The van der Waals surface area contributed by atoms with Crippen molar-refractivity contribution < 1.29 is 14.3 Å². The van der Waals surface area contributed by atoms with Gasteiger partial charge >= 0.3 is 5.97 Å². The molecular weight excluding hydrogens is 390 g/mol. The van der Waals surface area contributed by atoms with Gasteiger partial charge in [-0.3, -0.25) is 9.59 Å². The fourth-order valence-electron chi connectivity index (χ4n) is 2.96. The molecule has 6 nitrogen and oxygen atoms in total. The molecule has 0 aliphatic rings. The van der Waals surface area contributed by atoms with E-state index in [1.807, 2.05) is 30.3 Å². The molecule has 0 fully saturated rings. The molecule has 0 saturated carbocycles. The highest BCUT2D eigenvalue weighted by Gasteiger charge is 2.15. The van der Waals surface area contributed by atoms with Crippen molar-refractivity contribution in [2.75, 3.05) is 12.4 Å². The number of benzene rings is 2. The maximum atomic E-state index is 12.7. The minimum absolute atomic E-state index is 0.0284. The fraction of sp³-hybridized carbons (Fsp3) is 0.136. The summed E-state index contributed by atoms with van der Waals surface area (Å²) in [6.45, 7) is 1.81. The quantitative estimate of drug-likeness (QED) is 0.387. The first-order valence-electron chi connectivity index (χ1n) is 8.77. The van der Waals surface area contributed by atoms with E-state index < -0.39 is 11.9 Å². The summed E-state index contributed by atoms with van der Waals surface area (Å²) in [6, 6.07) is 14.5. The summed E-state index contributed by atoms with van der Waals surface area (Å²) in [5.74, 6) is -0.932. The molecule has 3 aromatic rings. The van der Waals surface area contributed by atoms with Gasteiger partial charge in [0.15, 0.2) is 0 Å². The van der Waals surface area contributed by atoms with Crippen LogP contribution in [0.25, 0.3) is 17.0 Å². The van der Waals surface area contributed by atoms with Crippen molar-refractivity contribution in [2.24, 2.45) is 0 Å². The number of rotatable bonds is 5. The Morgan fingerprint density at radius 3 is 2.72 bits per heavy atom. The van der Waals surface area contributed by atoms with Crippen LogP contribution in [0.2, 0.25) is 5.02 Å². The lowest BCUT2D eigenvalue weighted by atomic mass is 10.1. The molecule has 0 radical (unpaired) electrons. The minimum atomic E-state index is -0.539. The number of nitrogens with zero attached hydrogens (tertiary/aromatic N) is 2. The molecular formula is C22H18ClN3O3. The number of ether oxygens (including phenoxy) is 1. The molecule has 7 heteroatoms. The molecule has 0 saturated heterocycles. The van der Waals surface area contributed by atoms with Crippen LogP contribution in [0.1, 0.15) is 11.1 Å². The zero-order chi connectivity index (χ0) is 21.0. The minimum Gasteiger partial charge on any atom is -0.468 e. The van der Waals surface area contributed by atoms with E-state index in [-0.39, 0.29) is 12.1 Å². The first-order chi connectivity index (χ1) is 13.9. The summed E-state index contributed by atoms with van der Waals surface area (Å²) < 4.78 is 6.46. The summed E-state index contributed by atoms with van der Waals surface area (Å²) in [6.07, 6.45) is 3.22. The molecule has 1 amide bonds. The van der Waals surface area contributed by atoms with Crippen molar-refractivity contribution in [3.63, 3.8) is 0 Å². The number of esters is 1. The van der Waals surface area contributed by atoms with Gasteiger partial charge in [0.2, 0.25) is 0 Å². The smallest absolute Gasteiger partial charge is 0.325 e. The number of aromatic nitrogens is 1. The second-order valence-corrected chi connectivity index (χ2v) is 6.75. The number of nitrogens with one attached hydrogen (secondary N) is 1. The first-order valence-corrected chi connectivity index (χ1v) is 9.15. The van der Waals surface area contributed by atoms with Crippen molar-refractivity contribution in [3.8, 4) is 6.07 Å². The molecule has 2 aromatic carbocycles. The summed E-state index contributed by atoms with van der Waals surface area (Å²) in [4.78, 5) is 24.4. The van der Waals surface area contributed by atoms with E-state index >= 15 is 0 Å². The molecule has 0 bridgehead atoms. The highest BCUT2D eigenvalue weighted by Crippen LogP contribution is 2.26. The van der Waals surface area contributed by atoms with Gasteiger partial charge in [-0.2, -0.15) is 5.26 Å². The number of fused-ring (bicyclic) bond motifs is 1. The monoisotopic (exact) mass is 407 g/mol. The van der Waals surface area contributed by atoms with Crippen molar-refractivity contribution in [1.82, 2.24) is 4.57 Å². The van der Waals surface area contributed by atoms with Gasteiger partial charge in [0.25, 0.3) is 5.91 Å². The van der Waals surface area contributed by atoms with Crippen LogP contribution in [-0.2, 0) is 20.9 Å². The third-order valence-corrected chi connectivity index (χ3v) is 4.94. The lowest BCUT2D eigenvalue weighted by Crippen LogP contribution is -2.14. The molecule has 29 heavy (non-hydrogen) atoms. The largest absolute Gasteiger partial charge is 0.468 e. The number of para-hydroxylation sites is 1. The van der Waals surface area contributed by atoms with Crippen LogP contribution in [0.4, 0.5) is 5.69 Å². The summed E-state index contributed by atoms with van der Waals surface area (Å²) in [7, 11) is 1.32. The Morgan fingerprint density at radius 1 is 1.24 bits per heavy atom. The van der Waals surface area contributed by atoms with Crippen LogP contribution < -0.4 is 5.32 Å². The number of carbonyl (C=O) groups excluding carboxylic acids is 2. The highest BCUT2D eigenvalue weighted by molar-refractivity contribution is 6.31. The third-order valence-electron chi connectivity index (χ3n) is 4.53. The van der Waals surface area contributed by atoms with Crippen LogP contribution in [0.3, 0.4) is 0 Å². The zero-order valence-corrected chi connectivity index (χ0v) is 16.7. The van der Waals surface area contributed by atoms with E-state index in [1.54, 1.807) is 35.9 Å². The molecule has 0 spiro atoms. The topological polar surface area (TPSA) is 84.1 Å². The molecule has 1 heterocycles. The average molecular weight is 408 g/mol. The molecule has 0 aliphatic carbocycles. The van der Waals surface area contributed by atoms with Gasteiger partial charge in [0.1, 0.15) is 18.2 Å². The van der Waals surface area contributed by atoms with Crippen LogP contribution >= 0.6 is 11.6 Å². The number of carbonyl (C=O) groups is 2. The van der Waals surface area contributed by atoms with Gasteiger partial charge in [-0.15, -0.1) is 0 Å². The number of halogens is 1. The summed E-state index contributed by atoms with van der Waals surface area (Å²) in [5.41, 5.74) is 2.64. The van der Waals surface area contributed by atoms with E-state index in [2.05, 4.69) is 5.32 Å². The van der Waals surface area contributed by atoms with Gasteiger partial charge in [-0.25, -0.2) is 0 Å². The Morgan fingerprint density at radius 2 is 2.00 bits per heavy atom. The number of hydrogen-bond donors (Lipinski definition) is 1. The van der Waals surface area contributed by atoms with Crippen LogP contribution in [0.5, 0.6) is 0 Å². The Hall–Kier alpha value is -3.56. The second kappa shape index (κ2) is 8.63. The molecule has 0 atom stereocenters. The van der Waals surface area contributed by atoms with Crippen molar-refractivity contribution in [3.05, 3.63) is 70.4 Å². The lowest BCUT2D eigenvalue weighted by Gasteiger charge is -2.08. The maximum Gasteiger partial charge on any atom is 0.325 e. The first kappa shape index (κ1) is 20.2. The fourth-order valence-corrected chi connectivity index (χ4v) is 3.14. The standard InChI is InChI=1S/C22H18ClN3O3/c1-14-18(23)7-5-8-19(14)25-22(28)15(11-24)10-16-12-26(13-21(27)29-2)20-9-4-3-6-17(16)20/h3-10,12H,13H2,1-2H3,(H,25,28)/b15-10+. The second-order valence-electron chi connectivity index (χ2n) is 6.34. The van der Waals surface area contributed by atoms with Crippen molar-refractivity contribution in [1.29, 1.82) is 5.26 Å². The van der Waals surface area contributed by atoms with E-state index in [1.165, 1.54) is 13.2 Å². The third kappa shape index (κ3) is 4.31. The summed E-state index contributed by atoms with van der Waals surface area (Å²) >= 11 is 6.09. The van der Waals surface area contributed by atoms with E-state index in [0.29, 0.717) is 16.3 Å². The van der Waals surface area contributed by atoms with Crippen LogP contribution in [0, 0.1) is 18.3 Å². The number of hydrogen-bond acceptors (Lipinski definition) is 4. The molecule has 0 aliphatic heterocycles. The van der Waals surface area contributed by atoms with Gasteiger partial charge in [-0.1, -0.05) is 35.9 Å². The normalized spacial score (nSPS) is 11.2. The molecule has 1 aromatic heterocycles. The van der Waals surface area contributed by atoms with Crippen molar-refractivity contribution >= 4 is 46.1 Å². The Labute approximate surface area is 173 Å². The Balaban J connectivity index is 1.98. The molecule has 0 unspecified atom stereocenters.